The predicted molar refractivity (Wildman–Crippen MR) is 83.6 cm³/mol. The van der Waals surface area contributed by atoms with Gasteiger partial charge in [0.05, 0.1) is 19.4 Å². The van der Waals surface area contributed by atoms with Gasteiger partial charge in [-0.25, -0.2) is 4.98 Å². The van der Waals surface area contributed by atoms with Crippen LogP contribution in [-0.4, -0.2) is 48.7 Å². The van der Waals surface area contributed by atoms with E-state index < -0.39 is 0 Å². The summed E-state index contributed by atoms with van der Waals surface area (Å²) in [5, 5.41) is 2.90. The molecule has 7 heteroatoms. The molecule has 1 aliphatic rings. The number of carbonyl (C=O) groups is 1. The van der Waals surface area contributed by atoms with Gasteiger partial charge in [0, 0.05) is 24.1 Å². The van der Waals surface area contributed by atoms with E-state index in [1.165, 1.54) is 11.1 Å². The van der Waals surface area contributed by atoms with Crippen molar-refractivity contribution in [3.63, 3.8) is 0 Å². The van der Waals surface area contributed by atoms with Crippen molar-refractivity contribution in [2.45, 2.75) is 0 Å². The molecule has 0 aliphatic carbocycles. The average molecular weight is 315 g/mol. The summed E-state index contributed by atoms with van der Waals surface area (Å²) < 4.78 is 10.9. The van der Waals surface area contributed by atoms with Gasteiger partial charge < -0.3 is 19.7 Å². The van der Waals surface area contributed by atoms with Gasteiger partial charge >= 0.3 is 0 Å². The highest BCUT2D eigenvalue weighted by Crippen LogP contribution is 2.21. The fourth-order valence-electron chi connectivity index (χ4n) is 2.37. The largest absolute Gasteiger partial charge is 0.437 e. The second-order valence-electron chi connectivity index (χ2n) is 5.26. The Labute approximate surface area is 134 Å². The smallest absolute Gasteiger partial charge is 0.279 e. The number of amides is 1. The van der Waals surface area contributed by atoms with E-state index >= 15 is 0 Å². The summed E-state index contributed by atoms with van der Waals surface area (Å²) in [6, 6.07) is 7.22. The van der Waals surface area contributed by atoms with Gasteiger partial charge in [0.15, 0.2) is 6.54 Å². The summed E-state index contributed by atoms with van der Waals surface area (Å²) in [7, 11) is 0. The van der Waals surface area contributed by atoms with Crippen molar-refractivity contribution < 1.29 is 19.2 Å². The van der Waals surface area contributed by atoms with Crippen LogP contribution in [0.4, 0.5) is 5.69 Å². The lowest BCUT2D eigenvalue weighted by Gasteiger charge is -2.23. The van der Waals surface area contributed by atoms with E-state index in [-0.39, 0.29) is 5.91 Å². The fraction of sp³-hybridized carbons (Fsp3) is 0.312. The van der Waals surface area contributed by atoms with Crippen molar-refractivity contribution in [2.24, 2.45) is 0 Å². The lowest BCUT2D eigenvalue weighted by atomic mass is 10.3. The second-order valence-corrected chi connectivity index (χ2v) is 5.26. The first kappa shape index (κ1) is 15.4. The Morgan fingerprint density at radius 3 is 2.96 bits per heavy atom. The number of benzene rings is 1. The number of hydrogen-bond donors (Lipinski definition) is 2. The molecule has 23 heavy (non-hydrogen) atoms. The van der Waals surface area contributed by atoms with Crippen LogP contribution in [0.25, 0.3) is 0 Å². The number of aromatic nitrogens is 2. The first-order valence-electron chi connectivity index (χ1n) is 7.55. The minimum absolute atomic E-state index is 0.0152. The molecule has 1 aromatic heterocycles. The quantitative estimate of drug-likeness (QED) is 0.820. The number of hydrogen-bond acceptors (Lipinski definition) is 5. The minimum atomic E-state index is -0.0152. The zero-order valence-electron chi connectivity index (χ0n) is 12.7. The highest BCUT2D eigenvalue weighted by molar-refractivity contribution is 5.91. The van der Waals surface area contributed by atoms with Crippen molar-refractivity contribution in [2.75, 3.05) is 38.2 Å². The maximum absolute atomic E-state index is 12.1. The molecule has 1 aromatic carbocycles. The van der Waals surface area contributed by atoms with Crippen molar-refractivity contribution in [3.05, 3.63) is 42.9 Å². The van der Waals surface area contributed by atoms with Crippen LogP contribution in [0.3, 0.4) is 0 Å². The molecule has 7 nitrogen and oxygen atoms in total. The number of nitrogens with one attached hydrogen (secondary N) is 2. The second kappa shape index (κ2) is 7.66. The standard InChI is InChI=1S/C16H18N4O3/c21-15(12-20-6-8-22-9-7-20)19-13-2-1-3-14(10-13)23-16-11-17-4-5-18-16/h1-5,10-11H,6-9,12H2,(H,19,21)/p+1. The van der Waals surface area contributed by atoms with E-state index in [0.29, 0.717) is 37.1 Å². The van der Waals surface area contributed by atoms with Crippen LogP contribution in [0, 0.1) is 0 Å². The predicted octanol–water partition coefficient (Wildman–Crippen LogP) is 0.122. The molecule has 2 aromatic rings. The normalized spacial score (nSPS) is 15.1. The van der Waals surface area contributed by atoms with E-state index in [4.69, 9.17) is 9.47 Å². The van der Waals surface area contributed by atoms with E-state index in [1.54, 1.807) is 24.5 Å². The van der Waals surface area contributed by atoms with Crippen LogP contribution >= 0.6 is 0 Å². The molecule has 0 bridgehead atoms. The van der Waals surface area contributed by atoms with Crippen LogP contribution in [0.2, 0.25) is 0 Å². The van der Waals surface area contributed by atoms with Gasteiger partial charge in [-0.2, -0.15) is 0 Å². The SMILES string of the molecule is O=C(C[NH+]1CCOCC1)Nc1cccc(Oc2cnccn2)c1. The number of quaternary nitrogens is 1. The van der Waals surface area contributed by atoms with Crippen molar-refractivity contribution in [3.8, 4) is 11.6 Å². The Balaban J connectivity index is 1.57. The molecule has 0 saturated carbocycles. The van der Waals surface area contributed by atoms with Gasteiger partial charge in [0.25, 0.3) is 5.91 Å². The third-order valence-corrected chi connectivity index (χ3v) is 3.49. The average Bonchev–Trinajstić information content (AvgIpc) is 2.57. The number of ether oxygens (including phenoxy) is 2. The van der Waals surface area contributed by atoms with E-state index in [0.717, 1.165) is 13.1 Å². The number of anilines is 1. The maximum Gasteiger partial charge on any atom is 0.279 e. The maximum atomic E-state index is 12.1. The summed E-state index contributed by atoms with van der Waals surface area (Å²) in [6.07, 6.45) is 4.68. The Hall–Kier alpha value is -2.51. The van der Waals surface area contributed by atoms with Gasteiger partial charge in [-0.1, -0.05) is 6.07 Å². The Kier molecular flexibility index (Phi) is 5.13. The molecule has 1 saturated heterocycles. The zero-order valence-corrected chi connectivity index (χ0v) is 12.7. The van der Waals surface area contributed by atoms with Crippen LogP contribution < -0.4 is 15.0 Å². The van der Waals surface area contributed by atoms with Crippen molar-refractivity contribution >= 4 is 11.6 Å². The molecule has 0 radical (unpaired) electrons. The Morgan fingerprint density at radius 1 is 1.30 bits per heavy atom. The molecule has 2 N–H and O–H groups in total. The van der Waals surface area contributed by atoms with Crippen LogP contribution in [0.5, 0.6) is 11.6 Å². The van der Waals surface area contributed by atoms with Crippen LogP contribution in [0.1, 0.15) is 0 Å². The van der Waals surface area contributed by atoms with E-state index in [9.17, 15) is 4.79 Å². The number of morpholine rings is 1. The molecule has 2 heterocycles. The summed E-state index contributed by atoms with van der Waals surface area (Å²) >= 11 is 0. The minimum Gasteiger partial charge on any atom is -0.437 e. The molecule has 120 valence electrons. The lowest BCUT2D eigenvalue weighted by Crippen LogP contribution is -3.15. The molecular formula is C16H19N4O3+. The van der Waals surface area contributed by atoms with Crippen molar-refractivity contribution in [1.29, 1.82) is 0 Å². The monoisotopic (exact) mass is 315 g/mol. The molecule has 1 fully saturated rings. The van der Waals surface area contributed by atoms with Crippen molar-refractivity contribution in [1.82, 2.24) is 9.97 Å². The first-order chi connectivity index (χ1) is 11.3. The van der Waals surface area contributed by atoms with Gasteiger partial charge in [-0.15, -0.1) is 0 Å². The van der Waals surface area contributed by atoms with E-state index in [1.807, 2.05) is 12.1 Å². The highest BCUT2D eigenvalue weighted by Gasteiger charge is 2.17. The summed E-state index contributed by atoms with van der Waals surface area (Å²) in [5.74, 6) is 0.995. The Morgan fingerprint density at radius 2 is 2.17 bits per heavy atom. The summed E-state index contributed by atoms with van der Waals surface area (Å²) in [5.41, 5.74) is 0.698. The van der Waals surface area contributed by atoms with Gasteiger partial charge in [0.2, 0.25) is 5.88 Å². The van der Waals surface area contributed by atoms with Crippen LogP contribution in [-0.2, 0) is 9.53 Å². The number of rotatable bonds is 5. The van der Waals surface area contributed by atoms with Gasteiger partial charge in [-0.05, 0) is 12.1 Å². The number of nitrogens with zero attached hydrogens (tertiary/aromatic N) is 2. The molecular weight excluding hydrogens is 296 g/mol. The third kappa shape index (κ3) is 4.73. The fourth-order valence-corrected chi connectivity index (χ4v) is 2.37. The van der Waals surface area contributed by atoms with Gasteiger partial charge in [0.1, 0.15) is 18.8 Å². The molecule has 3 rings (SSSR count). The molecule has 0 atom stereocenters. The molecule has 1 aliphatic heterocycles. The van der Waals surface area contributed by atoms with Gasteiger partial charge in [-0.3, -0.25) is 9.78 Å². The lowest BCUT2D eigenvalue weighted by molar-refractivity contribution is -0.899. The molecule has 1 amide bonds. The first-order valence-corrected chi connectivity index (χ1v) is 7.55. The third-order valence-electron chi connectivity index (χ3n) is 3.49. The summed E-state index contributed by atoms with van der Waals surface area (Å²) in [4.78, 5) is 21.4. The Bertz CT molecular complexity index is 645. The summed E-state index contributed by atoms with van der Waals surface area (Å²) in [6.45, 7) is 3.60. The number of carbonyl (C=O) groups excluding carboxylic acids is 1. The highest BCUT2D eigenvalue weighted by atomic mass is 16.5. The van der Waals surface area contributed by atoms with Crippen LogP contribution in [0.15, 0.2) is 42.9 Å². The molecule has 0 spiro atoms. The zero-order chi connectivity index (χ0) is 15.9. The molecule has 0 unspecified atom stereocenters. The topological polar surface area (TPSA) is 77.8 Å². The van der Waals surface area contributed by atoms with E-state index in [2.05, 4.69) is 15.3 Å².